The Morgan fingerprint density at radius 3 is 2.10 bits per heavy atom. The molecule has 2 nitrogen and oxygen atoms in total. The van der Waals surface area contributed by atoms with Crippen LogP contribution in [0.2, 0.25) is 0 Å². The minimum atomic E-state index is -0.886. The van der Waals surface area contributed by atoms with Crippen molar-refractivity contribution in [1.29, 1.82) is 0 Å². The van der Waals surface area contributed by atoms with E-state index in [1.165, 1.54) is 0 Å². The topological polar surface area (TPSA) is 40.5 Å². The average Bonchev–Trinajstić information content (AvgIpc) is 2.00. The maximum absolute atomic E-state index is 9.48. The first-order chi connectivity index (χ1) is 4.68. The Balaban J connectivity index is 4.05. The fourth-order valence-corrected chi connectivity index (χ4v) is 0.631. The zero-order valence-electron chi connectivity index (χ0n) is 6.52. The van der Waals surface area contributed by atoms with Crippen LogP contribution in [0.1, 0.15) is 26.7 Å². The van der Waals surface area contributed by atoms with E-state index in [1.807, 2.05) is 13.8 Å². The average molecular weight is 142 g/mol. The van der Waals surface area contributed by atoms with Crippen molar-refractivity contribution in [3.63, 3.8) is 0 Å². The molecule has 0 fully saturated rings. The lowest BCUT2D eigenvalue weighted by Crippen LogP contribution is -2.23. The van der Waals surface area contributed by atoms with Gasteiger partial charge >= 0.3 is 0 Å². The van der Waals surface area contributed by atoms with Crippen molar-refractivity contribution in [2.45, 2.75) is 32.3 Å². The fourth-order valence-electron chi connectivity index (χ4n) is 0.631. The smallest absolute Gasteiger partial charge is 0.125 e. The lowest BCUT2D eigenvalue weighted by atomic mass is 9.99. The minimum Gasteiger partial charge on any atom is -0.384 e. The summed E-state index contributed by atoms with van der Waals surface area (Å²) in [5.41, 5.74) is -0.886. The summed E-state index contributed by atoms with van der Waals surface area (Å²) in [6.07, 6.45) is 1.22. The highest BCUT2D eigenvalue weighted by Gasteiger charge is 2.17. The van der Waals surface area contributed by atoms with Crippen LogP contribution in [-0.4, -0.2) is 22.4 Å². The second kappa shape index (κ2) is 4.32. The predicted octanol–water partition coefficient (Wildman–Crippen LogP) is 0.533. The number of hydrogen-bond acceptors (Lipinski definition) is 2. The zero-order valence-corrected chi connectivity index (χ0v) is 6.52. The third-order valence-electron chi connectivity index (χ3n) is 1.57. The molecule has 2 heteroatoms. The van der Waals surface area contributed by atoms with Gasteiger partial charge in [0.25, 0.3) is 0 Å². The standard InChI is InChI=1S/C8H14O2/c1-3-8(10,4-2)6-5-7-9/h9-10H,3-4,7H2,1-2H3. The number of hydrogen-bond donors (Lipinski definition) is 2. The van der Waals surface area contributed by atoms with Crippen molar-refractivity contribution in [2.75, 3.05) is 6.61 Å². The Kier molecular flexibility index (Phi) is 4.10. The zero-order chi connectivity index (χ0) is 8.04. The van der Waals surface area contributed by atoms with Crippen LogP contribution in [0.3, 0.4) is 0 Å². The van der Waals surface area contributed by atoms with E-state index in [0.29, 0.717) is 12.8 Å². The quantitative estimate of drug-likeness (QED) is 0.552. The minimum absolute atomic E-state index is 0.178. The summed E-state index contributed by atoms with van der Waals surface area (Å²) < 4.78 is 0. The van der Waals surface area contributed by atoms with Crippen LogP contribution >= 0.6 is 0 Å². The fraction of sp³-hybridized carbons (Fsp3) is 0.750. The van der Waals surface area contributed by atoms with Gasteiger partial charge in [-0.25, -0.2) is 0 Å². The molecule has 0 aliphatic carbocycles. The van der Waals surface area contributed by atoms with Gasteiger partial charge in [0.1, 0.15) is 12.2 Å². The Labute approximate surface area is 61.9 Å². The molecular formula is C8H14O2. The molecule has 0 radical (unpaired) electrons. The van der Waals surface area contributed by atoms with Gasteiger partial charge in [0.15, 0.2) is 0 Å². The molecule has 0 spiro atoms. The van der Waals surface area contributed by atoms with E-state index in [0.717, 1.165) is 0 Å². The molecule has 0 unspecified atom stereocenters. The third kappa shape index (κ3) is 2.86. The number of aliphatic hydroxyl groups is 2. The summed E-state index contributed by atoms with van der Waals surface area (Å²) in [7, 11) is 0. The second-order valence-corrected chi connectivity index (χ2v) is 2.20. The molecule has 0 aliphatic rings. The van der Waals surface area contributed by atoms with E-state index in [1.54, 1.807) is 0 Å². The van der Waals surface area contributed by atoms with Crippen molar-refractivity contribution < 1.29 is 10.2 Å². The van der Waals surface area contributed by atoms with Gasteiger partial charge in [-0.05, 0) is 12.8 Å². The van der Waals surface area contributed by atoms with Crippen molar-refractivity contribution in [1.82, 2.24) is 0 Å². The van der Waals surface area contributed by atoms with Gasteiger partial charge in [0.2, 0.25) is 0 Å². The van der Waals surface area contributed by atoms with Crippen LogP contribution in [0.5, 0.6) is 0 Å². The maximum atomic E-state index is 9.48. The Bertz CT molecular complexity index is 137. The number of aliphatic hydroxyl groups excluding tert-OH is 1. The first-order valence-electron chi connectivity index (χ1n) is 3.51. The molecule has 0 aromatic rings. The van der Waals surface area contributed by atoms with Crippen LogP contribution in [0.25, 0.3) is 0 Å². The van der Waals surface area contributed by atoms with E-state index < -0.39 is 5.60 Å². The highest BCUT2D eigenvalue weighted by atomic mass is 16.3. The molecule has 0 atom stereocenters. The predicted molar refractivity (Wildman–Crippen MR) is 40.4 cm³/mol. The van der Waals surface area contributed by atoms with Crippen LogP contribution in [-0.2, 0) is 0 Å². The van der Waals surface area contributed by atoms with E-state index in [-0.39, 0.29) is 6.61 Å². The molecule has 0 bridgehead atoms. The lowest BCUT2D eigenvalue weighted by molar-refractivity contribution is 0.0928. The summed E-state index contributed by atoms with van der Waals surface area (Å²) in [4.78, 5) is 0. The molecule has 0 aromatic heterocycles. The SMILES string of the molecule is CCC(O)(C#CCO)CC. The summed E-state index contributed by atoms with van der Waals surface area (Å²) >= 11 is 0. The highest BCUT2D eigenvalue weighted by molar-refractivity contribution is 5.12. The van der Waals surface area contributed by atoms with Crippen LogP contribution in [0.4, 0.5) is 0 Å². The van der Waals surface area contributed by atoms with Gasteiger partial charge < -0.3 is 10.2 Å². The Morgan fingerprint density at radius 2 is 1.80 bits per heavy atom. The van der Waals surface area contributed by atoms with Crippen molar-refractivity contribution in [3.8, 4) is 11.8 Å². The van der Waals surface area contributed by atoms with E-state index in [9.17, 15) is 5.11 Å². The van der Waals surface area contributed by atoms with E-state index >= 15 is 0 Å². The molecule has 0 saturated heterocycles. The summed E-state index contributed by atoms with van der Waals surface area (Å²) in [6.45, 7) is 3.56. The van der Waals surface area contributed by atoms with Crippen molar-refractivity contribution in [2.24, 2.45) is 0 Å². The summed E-state index contributed by atoms with van der Waals surface area (Å²) in [5, 5.41) is 17.8. The maximum Gasteiger partial charge on any atom is 0.125 e. The molecule has 0 rings (SSSR count). The largest absolute Gasteiger partial charge is 0.384 e. The third-order valence-corrected chi connectivity index (χ3v) is 1.57. The highest BCUT2D eigenvalue weighted by Crippen LogP contribution is 2.11. The van der Waals surface area contributed by atoms with Crippen molar-refractivity contribution >= 4 is 0 Å². The van der Waals surface area contributed by atoms with Gasteiger partial charge in [-0.3, -0.25) is 0 Å². The van der Waals surface area contributed by atoms with Crippen molar-refractivity contribution in [3.05, 3.63) is 0 Å². The molecule has 0 saturated carbocycles. The molecule has 0 heterocycles. The first kappa shape index (κ1) is 9.48. The monoisotopic (exact) mass is 142 g/mol. The van der Waals surface area contributed by atoms with Gasteiger partial charge in [0, 0.05) is 0 Å². The van der Waals surface area contributed by atoms with Gasteiger partial charge in [0.05, 0.1) is 0 Å². The van der Waals surface area contributed by atoms with E-state index in [2.05, 4.69) is 11.8 Å². The molecule has 10 heavy (non-hydrogen) atoms. The summed E-state index contributed by atoms with van der Waals surface area (Å²) in [5.74, 6) is 5.05. The van der Waals surface area contributed by atoms with Gasteiger partial charge in [-0.15, -0.1) is 0 Å². The normalized spacial score (nSPS) is 10.4. The summed E-state index contributed by atoms with van der Waals surface area (Å²) in [6, 6.07) is 0. The molecule has 58 valence electrons. The molecular weight excluding hydrogens is 128 g/mol. The van der Waals surface area contributed by atoms with E-state index in [4.69, 9.17) is 5.11 Å². The molecule has 0 aliphatic heterocycles. The second-order valence-electron chi connectivity index (χ2n) is 2.20. The first-order valence-corrected chi connectivity index (χ1v) is 3.51. The number of rotatable bonds is 2. The van der Waals surface area contributed by atoms with Crippen LogP contribution in [0, 0.1) is 11.8 Å². The van der Waals surface area contributed by atoms with Crippen LogP contribution < -0.4 is 0 Å². The molecule has 2 N–H and O–H groups in total. The lowest BCUT2D eigenvalue weighted by Gasteiger charge is -2.16. The van der Waals surface area contributed by atoms with Gasteiger partial charge in [-0.2, -0.15) is 0 Å². The van der Waals surface area contributed by atoms with Gasteiger partial charge in [-0.1, -0.05) is 25.7 Å². The van der Waals surface area contributed by atoms with Crippen LogP contribution in [0.15, 0.2) is 0 Å². The molecule has 0 amide bonds. The Morgan fingerprint density at radius 1 is 1.30 bits per heavy atom. The Hall–Kier alpha value is -0.520. The molecule has 0 aromatic carbocycles.